The number of pyridine rings is 1. The summed E-state index contributed by atoms with van der Waals surface area (Å²) in [4.78, 5) is 8.19. The number of aromatic nitrogens is 2. The van der Waals surface area contributed by atoms with Gasteiger partial charge in [-0.05, 0) is 24.5 Å². The lowest BCUT2D eigenvalue weighted by molar-refractivity contribution is 1.08. The van der Waals surface area contributed by atoms with Crippen molar-refractivity contribution in [2.45, 2.75) is 6.42 Å². The van der Waals surface area contributed by atoms with Crippen molar-refractivity contribution in [2.75, 3.05) is 0 Å². The molecule has 0 saturated heterocycles. The fourth-order valence-electron chi connectivity index (χ4n) is 1.07. The van der Waals surface area contributed by atoms with Crippen molar-refractivity contribution in [1.29, 1.82) is 0 Å². The van der Waals surface area contributed by atoms with Gasteiger partial charge in [-0.3, -0.25) is 0 Å². The molecule has 0 aliphatic heterocycles. The van der Waals surface area contributed by atoms with Gasteiger partial charge in [0.1, 0.15) is 5.15 Å². The number of halogens is 1. The first kappa shape index (κ1) is 9.62. The normalized spacial score (nSPS) is 10.4. The van der Waals surface area contributed by atoms with Gasteiger partial charge in [-0.15, -0.1) is 11.3 Å². The minimum absolute atomic E-state index is 0.524. The number of hydrogen-bond donors (Lipinski definition) is 0. The second-order valence-electron chi connectivity index (χ2n) is 2.80. The van der Waals surface area contributed by atoms with E-state index < -0.39 is 0 Å². The Hall–Kier alpha value is -0.930. The van der Waals surface area contributed by atoms with Crippen LogP contribution in [0.15, 0.2) is 29.2 Å². The molecule has 0 unspecified atom stereocenters. The van der Waals surface area contributed by atoms with Crippen LogP contribution in [0.5, 0.6) is 0 Å². The van der Waals surface area contributed by atoms with Gasteiger partial charge >= 0.3 is 0 Å². The minimum atomic E-state index is 0.524. The van der Waals surface area contributed by atoms with E-state index >= 15 is 0 Å². The van der Waals surface area contributed by atoms with Crippen molar-refractivity contribution < 1.29 is 0 Å². The smallest absolute Gasteiger partial charge is 0.129 e. The summed E-state index contributed by atoms with van der Waals surface area (Å²) in [5.41, 5.74) is 4.00. The number of hydrogen-bond acceptors (Lipinski definition) is 3. The second-order valence-corrected chi connectivity index (χ2v) is 3.91. The average molecular weight is 224 g/mol. The van der Waals surface area contributed by atoms with Gasteiger partial charge in [-0.25, -0.2) is 9.97 Å². The van der Waals surface area contributed by atoms with Crippen molar-refractivity contribution in [3.8, 4) is 0 Å². The first-order chi connectivity index (χ1) is 6.84. The molecule has 71 valence electrons. The van der Waals surface area contributed by atoms with E-state index in [4.69, 9.17) is 11.6 Å². The topological polar surface area (TPSA) is 25.8 Å². The third-order valence-corrected chi connectivity index (χ3v) is 2.64. The Morgan fingerprint density at radius 1 is 1.36 bits per heavy atom. The third kappa shape index (κ3) is 2.53. The first-order valence-corrected chi connectivity index (χ1v) is 5.48. The van der Waals surface area contributed by atoms with Crippen molar-refractivity contribution in [3.63, 3.8) is 0 Å². The number of thiazole rings is 1. The zero-order valence-corrected chi connectivity index (χ0v) is 8.92. The van der Waals surface area contributed by atoms with Crippen molar-refractivity contribution >= 4 is 22.9 Å². The highest BCUT2D eigenvalue weighted by atomic mass is 35.5. The lowest BCUT2D eigenvalue weighted by atomic mass is 10.1. The zero-order chi connectivity index (χ0) is 9.80. The molecule has 0 atom stereocenters. The minimum Gasteiger partial charge on any atom is -0.250 e. The van der Waals surface area contributed by atoms with E-state index in [1.807, 2.05) is 17.0 Å². The van der Waals surface area contributed by atoms with Gasteiger partial charge in [0.25, 0.3) is 0 Å². The monoisotopic (exact) mass is 223 g/mol. The van der Waals surface area contributed by atoms with E-state index in [0.717, 1.165) is 17.7 Å². The Bertz CT molecular complexity index is 383. The summed E-state index contributed by atoms with van der Waals surface area (Å²) in [7, 11) is 0. The quantitative estimate of drug-likeness (QED) is 0.748. The fourth-order valence-corrected chi connectivity index (χ4v) is 1.75. The van der Waals surface area contributed by atoms with E-state index in [9.17, 15) is 0 Å². The molecule has 2 nitrogen and oxygen atoms in total. The summed E-state index contributed by atoms with van der Waals surface area (Å²) >= 11 is 7.29. The molecule has 2 aromatic heterocycles. The third-order valence-electron chi connectivity index (χ3n) is 1.78. The SMILES string of the molecule is Clc1ccc([CH]Cc2cscn2)cn1. The summed E-state index contributed by atoms with van der Waals surface area (Å²) in [5.74, 6) is 0. The predicted molar refractivity (Wildman–Crippen MR) is 58.5 cm³/mol. The van der Waals surface area contributed by atoms with Crippen LogP contribution < -0.4 is 0 Å². The largest absolute Gasteiger partial charge is 0.250 e. The average Bonchev–Trinajstić information content (AvgIpc) is 2.70. The highest BCUT2D eigenvalue weighted by molar-refractivity contribution is 7.07. The Labute approximate surface area is 91.6 Å². The van der Waals surface area contributed by atoms with Crippen LogP contribution in [0.4, 0.5) is 0 Å². The molecule has 4 heteroatoms. The maximum Gasteiger partial charge on any atom is 0.129 e. The molecule has 0 fully saturated rings. The van der Waals surface area contributed by atoms with E-state index in [1.165, 1.54) is 0 Å². The Balaban J connectivity index is 1.95. The van der Waals surface area contributed by atoms with Crippen molar-refractivity contribution in [2.24, 2.45) is 0 Å². The second kappa shape index (κ2) is 4.53. The standard InChI is InChI=1S/C10H8ClN2S/c11-10-4-2-8(5-12-10)1-3-9-6-14-7-13-9/h1-2,4-7H,3H2. The summed E-state index contributed by atoms with van der Waals surface area (Å²) in [5, 5.41) is 2.57. The summed E-state index contributed by atoms with van der Waals surface area (Å²) < 4.78 is 0. The molecule has 0 saturated carbocycles. The van der Waals surface area contributed by atoms with Crippen LogP contribution in [0, 0.1) is 6.42 Å². The van der Waals surface area contributed by atoms with Gasteiger partial charge < -0.3 is 0 Å². The molecule has 0 aliphatic rings. The molecule has 0 amide bonds. The Morgan fingerprint density at radius 3 is 2.93 bits per heavy atom. The molecule has 2 aromatic rings. The van der Waals surface area contributed by atoms with Crippen molar-refractivity contribution in [3.05, 3.63) is 52.1 Å². The van der Waals surface area contributed by atoms with Crippen LogP contribution in [-0.4, -0.2) is 9.97 Å². The summed E-state index contributed by atoms with van der Waals surface area (Å²) in [6.07, 6.45) is 4.68. The van der Waals surface area contributed by atoms with E-state index in [-0.39, 0.29) is 0 Å². The van der Waals surface area contributed by atoms with Gasteiger partial charge in [0.15, 0.2) is 0 Å². The molecular weight excluding hydrogens is 216 g/mol. The lowest BCUT2D eigenvalue weighted by Crippen LogP contribution is -1.89. The van der Waals surface area contributed by atoms with E-state index in [2.05, 4.69) is 16.4 Å². The highest BCUT2D eigenvalue weighted by Gasteiger charge is 1.98. The molecular formula is C10H8ClN2S. The molecule has 0 N–H and O–H groups in total. The molecule has 0 spiro atoms. The molecule has 2 heterocycles. The Morgan fingerprint density at radius 2 is 2.29 bits per heavy atom. The number of nitrogens with zero attached hydrogens (tertiary/aromatic N) is 2. The maximum absolute atomic E-state index is 5.68. The van der Waals surface area contributed by atoms with Gasteiger partial charge in [0.05, 0.1) is 11.2 Å². The van der Waals surface area contributed by atoms with Crippen LogP contribution in [-0.2, 0) is 6.42 Å². The van der Waals surface area contributed by atoms with Crippen molar-refractivity contribution in [1.82, 2.24) is 9.97 Å². The van der Waals surface area contributed by atoms with E-state index in [0.29, 0.717) is 5.15 Å². The molecule has 2 rings (SSSR count). The summed E-state index contributed by atoms with van der Waals surface area (Å²) in [6.45, 7) is 0. The first-order valence-electron chi connectivity index (χ1n) is 4.16. The Kier molecular flexibility index (Phi) is 3.11. The molecule has 0 aromatic carbocycles. The predicted octanol–water partition coefficient (Wildman–Crippen LogP) is 2.99. The van der Waals surface area contributed by atoms with Gasteiger partial charge in [0.2, 0.25) is 0 Å². The van der Waals surface area contributed by atoms with Crippen LogP contribution in [0.1, 0.15) is 11.3 Å². The molecule has 14 heavy (non-hydrogen) atoms. The molecule has 0 bridgehead atoms. The van der Waals surface area contributed by atoms with Gasteiger partial charge in [0, 0.05) is 11.6 Å². The number of rotatable bonds is 3. The fraction of sp³-hybridized carbons (Fsp3) is 0.100. The van der Waals surface area contributed by atoms with Crippen LogP contribution in [0.25, 0.3) is 0 Å². The molecule has 1 radical (unpaired) electrons. The molecule has 0 aliphatic carbocycles. The van der Waals surface area contributed by atoms with E-state index in [1.54, 1.807) is 23.6 Å². The zero-order valence-electron chi connectivity index (χ0n) is 7.35. The summed E-state index contributed by atoms with van der Waals surface area (Å²) in [6, 6.07) is 3.73. The van der Waals surface area contributed by atoms with Crippen LogP contribution in [0.2, 0.25) is 5.15 Å². The highest BCUT2D eigenvalue weighted by Crippen LogP contribution is 2.10. The lowest BCUT2D eigenvalue weighted by Gasteiger charge is -1.97. The maximum atomic E-state index is 5.68. The van der Waals surface area contributed by atoms with Crippen LogP contribution >= 0.6 is 22.9 Å². The van der Waals surface area contributed by atoms with Gasteiger partial charge in [-0.2, -0.15) is 0 Å². The van der Waals surface area contributed by atoms with Crippen LogP contribution in [0.3, 0.4) is 0 Å². The van der Waals surface area contributed by atoms with Gasteiger partial charge in [-0.1, -0.05) is 17.7 Å².